The number of nitrogens with one attached hydrogen (secondary N) is 1. The molecule has 0 bridgehead atoms. The minimum Gasteiger partial charge on any atom is -0.550 e. The predicted octanol–water partition coefficient (Wildman–Crippen LogP) is 2.36. The van der Waals surface area contributed by atoms with E-state index in [1.165, 1.54) is 0 Å². The summed E-state index contributed by atoms with van der Waals surface area (Å²) in [5.74, 6) is -1.78. The predicted molar refractivity (Wildman–Crippen MR) is 85.9 cm³/mol. The first kappa shape index (κ1) is 17.3. The second-order valence-corrected chi connectivity index (χ2v) is 6.03. The maximum absolute atomic E-state index is 12.3. The lowest BCUT2D eigenvalue weighted by atomic mass is 9.78. The van der Waals surface area contributed by atoms with E-state index in [4.69, 9.17) is 4.74 Å². The third-order valence-corrected chi connectivity index (χ3v) is 4.29. The van der Waals surface area contributed by atoms with Crippen LogP contribution in [-0.2, 0) is 9.59 Å². The van der Waals surface area contributed by atoms with Crippen LogP contribution in [0, 0.1) is 11.8 Å². The zero-order chi connectivity index (χ0) is 16.7. The van der Waals surface area contributed by atoms with Crippen molar-refractivity contribution in [2.45, 2.75) is 45.4 Å². The number of carboxylic acid groups (broad SMARTS) is 1. The van der Waals surface area contributed by atoms with E-state index in [1.807, 2.05) is 12.1 Å². The van der Waals surface area contributed by atoms with E-state index in [1.54, 1.807) is 12.1 Å². The van der Waals surface area contributed by atoms with Crippen LogP contribution in [0.1, 0.15) is 45.4 Å². The lowest BCUT2D eigenvalue weighted by Gasteiger charge is -2.31. The first-order valence-corrected chi connectivity index (χ1v) is 8.36. The Kier molecular flexibility index (Phi) is 6.44. The van der Waals surface area contributed by atoms with Crippen molar-refractivity contribution >= 4 is 17.6 Å². The SMILES string of the molecule is CCCCOc1ccc(NC(=O)[C@@H]2CCCC[C@H]2C(=O)[O-])cc1. The van der Waals surface area contributed by atoms with E-state index in [0.717, 1.165) is 31.4 Å². The van der Waals surface area contributed by atoms with Gasteiger partial charge in [0.1, 0.15) is 5.75 Å². The molecule has 0 aliphatic heterocycles. The van der Waals surface area contributed by atoms with Crippen LogP contribution in [0.4, 0.5) is 5.69 Å². The van der Waals surface area contributed by atoms with Gasteiger partial charge in [-0.25, -0.2) is 0 Å². The molecule has 1 amide bonds. The molecule has 1 aliphatic rings. The minimum absolute atomic E-state index is 0.237. The summed E-state index contributed by atoms with van der Waals surface area (Å²) in [6.45, 7) is 2.78. The summed E-state index contributed by atoms with van der Waals surface area (Å²) in [6.07, 6.45) is 4.92. The second kappa shape index (κ2) is 8.56. The van der Waals surface area contributed by atoms with Gasteiger partial charge in [-0.2, -0.15) is 0 Å². The highest BCUT2D eigenvalue weighted by atomic mass is 16.5. The molecule has 1 aromatic rings. The molecule has 5 heteroatoms. The number of carboxylic acids is 1. The first-order valence-electron chi connectivity index (χ1n) is 8.36. The minimum atomic E-state index is -1.12. The molecule has 0 heterocycles. The van der Waals surface area contributed by atoms with Gasteiger partial charge < -0.3 is 20.0 Å². The molecular weight excluding hydrogens is 294 g/mol. The van der Waals surface area contributed by atoms with Gasteiger partial charge in [0.15, 0.2) is 0 Å². The monoisotopic (exact) mass is 318 g/mol. The van der Waals surface area contributed by atoms with Gasteiger partial charge in [0.25, 0.3) is 0 Å². The van der Waals surface area contributed by atoms with Crippen LogP contribution in [0.3, 0.4) is 0 Å². The van der Waals surface area contributed by atoms with E-state index < -0.39 is 17.8 Å². The Morgan fingerprint density at radius 1 is 1.17 bits per heavy atom. The fourth-order valence-electron chi connectivity index (χ4n) is 2.93. The lowest BCUT2D eigenvalue weighted by Crippen LogP contribution is -2.42. The molecule has 2 rings (SSSR count). The molecule has 1 fully saturated rings. The quantitative estimate of drug-likeness (QED) is 0.783. The molecule has 2 atom stereocenters. The van der Waals surface area contributed by atoms with Crippen LogP contribution in [-0.4, -0.2) is 18.5 Å². The van der Waals surface area contributed by atoms with E-state index in [2.05, 4.69) is 12.2 Å². The Hall–Kier alpha value is -2.04. The van der Waals surface area contributed by atoms with Crippen molar-refractivity contribution in [2.24, 2.45) is 11.8 Å². The van der Waals surface area contributed by atoms with Crippen LogP contribution in [0.2, 0.25) is 0 Å². The van der Waals surface area contributed by atoms with Gasteiger partial charge >= 0.3 is 0 Å². The smallest absolute Gasteiger partial charge is 0.228 e. The van der Waals surface area contributed by atoms with E-state index in [9.17, 15) is 14.7 Å². The third-order valence-electron chi connectivity index (χ3n) is 4.29. The number of unbranched alkanes of at least 4 members (excludes halogenated alkanes) is 1. The summed E-state index contributed by atoms with van der Waals surface area (Å²) in [6, 6.07) is 7.16. The van der Waals surface area contributed by atoms with Crippen molar-refractivity contribution in [1.29, 1.82) is 0 Å². The average Bonchev–Trinajstić information content (AvgIpc) is 2.56. The van der Waals surface area contributed by atoms with Gasteiger partial charge in [-0.15, -0.1) is 0 Å². The van der Waals surface area contributed by atoms with Crippen LogP contribution in [0.15, 0.2) is 24.3 Å². The number of carbonyl (C=O) groups is 2. The molecule has 1 aromatic carbocycles. The van der Waals surface area contributed by atoms with Crippen molar-refractivity contribution < 1.29 is 19.4 Å². The number of anilines is 1. The van der Waals surface area contributed by atoms with Crippen LogP contribution in [0.5, 0.6) is 5.75 Å². The molecule has 23 heavy (non-hydrogen) atoms. The molecule has 0 aromatic heterocycles. The largest absolute Gasteiger partial charge is 0.550 e. The molecule has 126 valence electrons. The zero-order valence-electron chi connectivity index (χ0n) is 13.5. The number of hydrogen-bond donors (Lipinski definition) is 1. The Bertz CT molecular complexity index is 526. The Balaban J connectivity index is 1.92. The van der Waals surface area contributed by atoms with Crippen molar-refractivity contribution in [3.8, 4) is 5.75 Å². The lowest BCUT2D eigenvalue weighted by molar-refractivity contribution is -0.313. The van der Waals surface area contributed by atoms with Gasteiger partial charge in [-0.05, 0) is 43.5 Å². The van der Waals surface area contributed by atoms with Crippen LogP contribution in [0.25, 0.3) is 0 Å². The topological polar surface area (TPSA) is 78.5 Å². The molecule has 1 N–H and O–H groups in total. The van der Waals surface area contributed by atoms with E-state index in [-0.39, 0.29) is 5.91 Å². The molecule has 1 aliphatic carbocycles. The van der Waals surface area contributed by atoms with Crippen molar-refractivity contribution in [2.75, 3.05) is 11.9 Å². The molecule has 5 nitrogen and oxygen atoms in total. The number of hydrogen-bond acceptors (Lipinski definition) is 4. The van der Waals surface area contributed by atoms with Crippen molar-refractivity contribution in [3.05, 3.63) is 24.3 Å². The van der Waals surface area contributed by atoms with Crippen LogP contribution < -0.4 is 15.2 Å². The number of benzene rings is 1. The zero-order valence-corrected chi connectivity index (χ0v) is 13.5. The summed E-state index contributed by atoms with van der Waals surface area (Å²) < 4.78 is 5.57. The van der Waals surface area contributed by atoms with Crippen LogP contribution >= 0.6 is 0 Å². The molecule has 0 spiro atoms. The molecule has 0 unspecified atom stereocenters. The number of amides is 1. The van der Waals surface area contributed by atoms with Crippen molar-refractivity contribution in [3.63, 3.8) is 0 Å². The number of rotatable bonds is 7. The number of aliphatic carboxylic acids is 1. The highest BCUT2D eigenvalue weighted by Crippen LogP contribution is 2.31. The Morgan fingerprint density at radius 2 is 1.83 bits per heavy atom. The number of ether oxygens (including phenoxy) is 1. The number of carbonyl (C=O) groups excluding carboxylic acids is 2. The fraction of sp³-hybridized carbons (Fsp3) is 0.556. The van der Waals surface area contributed by atoms with Gasteiger partial charge in [-0.1, -0.05) is 26.2 Å². The molecule has 0 radical (unpaired) electrons. The van der Waals surface area contributed by atoms with Gasteiger partial charge in [0, 0.05) is 23.5 Å². The Morgan fingerprint density at radius 3 is 2.43 bits per heavy atom. The highest BCUT2D eigenvalue weighted by Gasteiger charge is 2.31. The van der Waals surface area contributed by atoms with Gasteiger partial charge in [0.05, 0.1) is 6.61 Å². The Labute approximate surface area is 137 Å². The van der Waals surface area contributed by atoms with Gasteiger partial charge in [-0.3, -0.25) is 4.79 Å². The maximum atomic E-state index is 12.3. The highest BCUT2D eigenvalue weighted by molar-refractivity contribution is 5.95. The summed E-state index contributed by atoms with van der Waals surface area (Å²) >= 11 is 0. The summed E-state index contributed by atoms with van der Waals surface area (Å²) in [7, 11) is 0. The first-order chi connectivity index (χ1) is 11.1. The van der Waals surface area contributed by atoms with Gasteiger partial charge in [0.2, 0.25) is 5.91 Å². The standard InChI is InChI=1S/C18H25NO4/c1-2-3-12-23-14-10-8-13(9-11-14)19-17(20)15-6-4-5-7-16(15)18(21)22/h8-11,15-16H,2-7,12H2,1H3,(H,19,20)(H,21,22)/p-1/t15-,16-/m1/s1. The van der Waals surface area contributed by atoms with E-state index >= 15 is 0 Å². The molecular formula is C18H24NO4-. The normalized spacial score (nSPS) is 20.7. The summed E-state index contributed by atoms with van der Waals surface area (Å²) in [5, 5.41) is 14.0. The van der Waals surface area contributed by atoms with Crippen molar-refractivity contribution in [1.82, 2.24) is 0 Å². The fourth-order valence-corrected chi connectivity index (χ4v) is 2.93. The van der Waals surface area contributed by atoms with E-state index in [0.29, 0.717) is 25.1 Å². The maximum Gasteiger partial charge on any atom is 0.228 e. The summed E-state index contributed by atoms with van der Waals surface area (Å²) in [4.78, 5) is 23.5. The second-order valence-electron chi connectivity index (χ2n) is 6.03. The molecule has 1 saturated carbocycles. The third kappa shape index (κ3) is 4.98. The summed E-state index contributed by atoms with van der Waals surface area (Å²) in [5.41, 5.74) is 0.653. The molecule has 0 saturated heterocycles. The average molecular weight is 318 g/mol.